The molecule has 1 rings (SSSR count). The molecule has 0 radical (unpaired) electrons. The molecule has 0 aliphatic carbocycles. The Bertz CT molecular complexity index is 387. The van der Waals surface area contributed by atoms with Crippen molar-refractivity contribution in [3.05, 3.63) is 35.4 Å². The van der Waals surface area contributed by atoms with Crippen molar-refractivity contribution in [1.29, 1.82) is 0 Å². The second-order valence-corrected chi connectivity index (χ2v) is 6.26. The first-order valence-corrected chi connectivity index (χ1v) is 6.50. The van der Waals surface area contributed by atoms with Gasteiger partial charge in [0.1, 0.15) is 0 Å². The highest BCUT2D eigenvalue weighted by atomic mass is 19.4. The van der Waals surface area contributed by atoms with Crippen molar-refractivity contribution < 1.29 is 13.2 Å². The van der Waals surface area contributed by atoms with Crippen molar-refractivity contribution in [1.82, 2.24) is 0 Å². The first-order valence-electron chi connectivity index (χ1n) is 6.50. The summed E-state index contributed by atoms with van der Waals surface area (Å²) in [5.74, 6) is 0. The molecule has 1 nitrogen and oxygen atoms in total. The third kappa shape index (κ3) is 6.10. The fourth-order valence-electron chi connectivity index (χ4n) is 1.85. The third-order valence-electron chi connectivity index (χ3n) is 3.04. The lowest BCUT2D eigenvalue weighted by Crippen LogP contribution is -2.24. The van der Waals surface area contributed by atoms with Crippen LogP contribution >= 0.6 is 0 Å². The molecular formula is C15H22F3N. The highest BCUT2D eigenvalue weighted by molar-refractivity contribution is 5.25. The minimum absolute atomic E-state index is 0.00374. The van der Waals surface area contributed by atoms with Gasteiger partial charge in [0, 0.05) is 6.04 Å². The Morgan fingerprint density at radius 3 is 2.00 bits per heavy atom. The van der Waals surface area contributed by atoms with Crippen LogP contribution in [0.1, 0.15) is 44.7 Å². The van der Waals surface area contributed by atoms with Crippen LogP contribution in [0.2, 0.25) is 0 Å². The van der Waals surface area contributed by atoms with Gasteiger partial charge in [-0.15, -0.1) is 0 Å². The third-order valence-corrected chi connectivity index (χ3v) is 3.04. The van der Waals surface area contributed by atoms with Crippen LogP contribution in [0.3, 0.4) is 0 Å². The van der Waals surface area contributed by atoms with E-state index in [1.807, 2.05) is 0 Å². The Kier molecular flexibility index (Phi) is 5.02. The van der Waals surface area contributed by atoms with Crippen LogP contribution in [0.4, 0.5) is 13.2 Å². The molecule has 0 fully saturated rings. The van der Waals surface area contributed by atoms with Crippen LogP contribution in [-0.2, 0) is 12.6 Å². The van der Waals surface area contributed by atoms with Crippen molar-refractivity contribution >= 4 is 0 Å². The number of halogens is 3. The summed E-state index contributed by atoms with van der Waals surface area (Å²) in [5, 5.41) is 0. The van der Waals surface area contributed by atoms with Crippen molar-refractivity contribution in [2.75, 3.05) is 0 Å². The van der Waals surface area contributed by atoms with E-state index < -0.39 is 11.7 Å². The molecule has 0 heterocycles. The number of rotatable bonds is 4. The predicted octanol–water partition coefficient (Wildman–Crippen LogP) is 4.40. The molecule has 0 aromatic heterocycles. The Balaban J connectivity index is 2.54. The first kappa shape index (κ1) is 16.0. The quantitative estimate of drug-likeness (QED) is 0.864. The van der Waals surface area contributed by atoms with Gasteiger partial charge in [0.2, 0.25) is 0 Å². The average Bonchev–Trinajstić information content (AvgIpc) is 2.25. The second-order valence-electron chi connectivity index (χ2n) is 6.26. The van der Waals surface area contributed by atoms with Gasteiger partial charge in [-0.1, -0.05) is 32.9 Å². The van der Waals surface area contributed by atoms with Gasteiger partial charge in [-0.05, 0) is 42.4 Å². The number of hydrogen-bond donors (Lipinski definition) is 1. The number of hydrogen-bond acceptors (Lipinski definition) is 1. The molecule has 0 saturated carbocycles. The highest BCUT2D eigenvalue weighted by Crippen LogP contribution is 2.29. The molecule has 0 bridgehead atoms. The lowest BCUT2D eigenvalue weighted by molar-refractivity contribution is -0.137. The zero-order chi connectivity index (χ0) is 14.7. The molecule has 0 aliphatic heterocycles. The topological polar surface area (TPSA) is 26.0 Å². The van der Waals surface area contributed by atoms with E-state index >= 15 is 0 Å². The molecule has 1 aromatic carbocycles. The number of nitrogens with two attached hydrogens (primary N) is 1. The second kappa shape index (κ2) is 5.95. The van der Waals surface area contributed by atoms with Crippen molar-refractivity contribution in [2.45, 2.75) is 52.3 Å². The summed E-state index contributed by atoms with van der Waals surface area (Å²) in [6.07, 6.45) is -1.76. The molecule has 1 unspecified atom stereocenters. The minimum Gasteiger partial charge on any atom is -0.327 e. The molecule has 108 valence electrons. The first-order chi connectivity index (χ1) is 8.58. The normalized spacial score (nSPS) is 14.5. The summed E-state index contributed by atoms with van der Waals surface area (Å²) in [5.41, 5.74) is 6.49. The Hall–Kier alpha value is -1.03. The van der Waals surface area contributed by atoms with Crippen LogP contribution in [-0.4, -0.2) is 6.04 Å². The van der Waals surface area contributed by atoms with Crippen molar-refractivity contribution in [2.24, 2.45) is 11.1 Å². The number of benzene rings is 1. The highest BCUT2D eigenvalue weighted by Gasteiger charge is 2.29. The summed E-state index contributed by atoms with van der Waals surface area (Å²) in [6, 6.07) is 5.26. The van der Waals surface area contributed by atoms with E-state index in [4.69, 9.17) is 5.73 Å². The fourth-order valence-corrected chi connectivity index (χ4v) is 1.85. The Morgan fingerprint density at radius 2 is 1.58 bits per heavy atom. The van der Waals surface area contributed by atoms with Crippen LogP contribution in [0.5, 0.6) is 0 Å². The summed E-state index contributed by atoms with van der Waals surface area (Å²) in [7, 11) is 0. The summed E-state index contributed by atoms with van der Waals surface area (Å²) in [6.45, 7) is 6.45. The largest absolute Gasteiger partial charge is 0.416 e. The van der Waals surface area contributed by atoms with Gasteiger partial charge in [-0.2, -0.15) is 13.2 Å². The van der Waals surface area contributed by atoms with E-state index in [9.17, 15) is 13.2 Å². The van der Waals surface area contributed by atoms with Gasteiger partial charge in [0.05, 0.1) is 5.56 Å². The lowest BCUT2D eigenvalue weighted by atomic mass is 9.87. The van der Waals surface area contributed by atoms with Gasteiger partial charge < -0.3 is 5.73 Å². The summed E-state index contributed by atoms with van der Waals surface area (Å²) in [4.78, 5) is 0. The van der Waals surface area contributed by atoms with Gasteiger partial charge in [-0.3, -0.25) is 0 Å². The SMILES string of the molecule is CC(C)(C)CCC(N)Cc1ccc(C(F)(F)F)cc1. The molecule has 0 amide bonds. The zero-order valence-corrected chi connectivity index (χ0v) is 11.7. The molecule has 0 saturated heterocycles. The predicted molar refractivity (Wildman–Crippen MR) is 71.8 cm³/mol. The van der Waals surface area contributed by atoms with E-state index in [1.165, 1.54) is 12.1 Å². The molecule has 4 heteroatoms. The van der Waals surface area contributed by atoms with Gasteiger partial charge in [0.15, 0.2) is 0 Å². The maximum Gasteiger partial charge on any atom is 0.416 e. The monoisotopic (exact) mass is 273 g/mol. The van der Waals surface area contributed by atoms with E-state index in [0.29, 0.717) is 6.42 Å². The molecule has 2 N–H and O–H groups in total. The smallest absolute Gasteiger partial charge is 0.327 e. The fraction of sp³-hybridized carbons (Fsp3) is 0.600. The molecule has 0 aliphatic rings. The summed E-state index contributed by atoms with van der Waals surface area (Å²) >= 11 is 0. The van der Waals surface area contributed by atoms with E-state index in [-0.39, 0.29) is 11.5 Å². The van der Waals surface area contributed by atoms with Crippen LogP contribution in [0, 0.1) is 5.41 Å². The molecule has 0 spiro atoms. The Labute approximate surface area is 113 Å². The standard InChI is InChI=1S/C15H22F3N/c1-14(2,3)9-8-13(19)10-11-4-6-12(7-5-11)15(16,17)18/h4-7,13H,8-10,19H2,1-3H3. The average molecular weight is 273 g/mol. The van der Waals surface area contributed by atoms with Crippen LogP contribution < -0.4 is 5.73 Å². The lowest BCUT2D eigenvalue weighted by Gasteiger charge is -2.21. The minimum atomic E-state index is -4.27. The molecule has 1 atom stereocenters. The van der Waals surface area contributed by atoms with Crippen molar-refractivity contribution in [3.63, 3.8) is 0 Å². The molecule has 1 aromatic rings. The van der Waals surface area contributed by atoms with Gasteiger partial charge in [0.25, 0.3) is 0 Å². The van der Waals surface area contributed by atoms with Gasteiger partial charge in [-0.25, -0.2) is 0 Å². The number of alkyl halides is 3. The van der Waals surface area contributed by atoms with Crippen LogP contribution in [0.25, 0.3) is 0 Å². The molecular weight excluding hydrogens is 251 g/mol. The van der Waals surface area contributed by atoms with Crippen molar-refractivity contribution in [3.8, 4) is 0 Å². The van der Waals surface area contributed by atoms with Crippen LogP contribution in [0.15, 0.2) is 24.3 Å². The Morgan fingerprint density at radius 1 is 1.05 bits per heavy atom. The molecule has 19 heavy (non-hydrogen) atoms. The van der Waals surface area contributed by atoms with E-state index in [1.54, 1.807) is 0 Å². The maximum absolute atomic E-state index is 12.4. The van der Waals surface area contributed by atoms with E-state index in [2.05, 4.69) is 20.8 Å². The van der Waals surface area contributed by atoms with E-state index in [0.717, 1.165) is 30.5 Å². The summed E-state index contributed by atoms with van der Waals surface area (Å²) < 4.78 is 37.2. The van der Waals surface area contributed by atoms with Gasteiger partial charge >= 0.3 is 6.18 Å². The maximum atomic E-state index is 12.4. The zero-order valence-electron chi connectivity index (χ0n) is 11.7.